The van der Waals surface area contributed by atoms with Crippen LogP contribution in [0.2, 0.25) is 0 Å². The van der Waals surface area contributed by atoms with E-state index in [1.807, 2.05) is 37.3 Å². The van der Waals surface area contributed by atoms with Crippen LogP contribution < -0.4 is 0 Å². The molecule has 0 amide bonds. The number of allylic oxidation sites excluding steroid dienone is 5. The highest BCUT2D eigenvalue weighted by atomic mass is 79.9. The Morgan fingerprint density at radius 1 is 1.31 bits per heavy atom. The summed E-state index contributed by atoms with van der Waals surface area (Å²) < 4.78 is 0.822. The topological polar surface area (TPSA) is 17.1 Å². The molecular weight excluding hydrogens is 264 g/mol. The minimum Gasteiger partial charge on any atom is -0.289 e. The highest BCUT2D eigenvalue weighted by Crippen LogP contribution is 2.33. The summed E-state index contributed by atoms with van der Waals surface area (Å²) >= 11 is 3.34. The van der Waals surface area contributed by atoms with Crippen molar-refractivity contribution < 1.29 is 4.79 Å². The fourth-order valence-corrected chi connectivity index (χ4v) is 2.07. The van der Waals surface area contributed by atoms with E-state index in [0.717, 1.165) is 26.8 Å². The van der Waals surface area contributed by atoms with Crippen LogP contribution in [0.4, 0.5) is 0 Å². The summed E-state index contributed by atoms with van der Waals surface area (Å²) in [6.45, 7) is 5.62. The first-order valence-electron chi connectivity index (χ1n) is 4.99. The van der Waals surface area contributed by atoms with Gasteiger partial charge < -0.3 is 0 Å². The van der Waals surface area contributed by atoms with Crippen molar-refractivity contribution in [3.05, 3.63) is 64.2 Å². The average Bonchev–Trinajstić information content (AvgIpc) is 2.55. The number of ketones is 1. The molecule has 0 unspecified atom stereocenters. The predicted molar refractivity (Wildman–Crippen MR) is 70.6 cm³/mol. The van der Waals surface area contributed by atoms with Crippen molar-refractivity contribution in [2.75, 3.05) is 0 Å². The summed E-state index contributed by atoms with van der Waals surface area (Å²) in [6.07, 6.45) is 3.50. The Kier molecular flexibility index (Phi) is 2.92. The molecule has 0 atom stereocenters. The van der Waals surface area contributed by atoms with Crippen LogP contribution in [-0.4, -0.2) is 5.78 Å². The van der Waals surface area contributed by atoms with Crippen molar-refractivity contribution in [2.45, 2.75) is 6.92 Å². The van der Waals surface area contributed by atoms with Crippen LogP contribution in [0.5, 0.6) is 0 Å². The van der Waals surface area contributed by atoms with Gasteiger partial charge in [-0.25, -0.2) is 0 Å². The molecule has 0 N–H and O–H groups in total. The van der Waals surface area contributed by atoms with Crippen molar-refractivity contribution in [1.82, 2.24) is 0 Å². The normalized spacial score (nSPS) is 15.4. The van der Waals surface area contributed by atoms with Gasteiger partial charge in [-0.2, -0.15) is 0 Å². The predicted octanol–water partition coefficient (Wildman–Crippen LogP) is 4.12. The van der Waals surface area contributed by atoms with Gasteiger partial charge in [-0.05, 0) is 24.1 Å². The Hall–Kier alpha value is -1.41. The van der Waals surface area contributed by atoms with Crippen LogP contribution in [0.15, 0.2) is 53.1 Å². The van der Waals surface area contributed by atoms with Crippen LogP contribution in [0.25, 0.3) is 5.57 Å². The van der Waals surface area contributed by atoms with E-state index in [1.54, 1.807) is 6.08 Å². The molecule has 0 aliphatic heterocycles. The standard InChI is InChI=1S/C14H11BrO/c1-3-10(15)8-13-9(2)11-6-4-5-7-12(11)14(13)16/h3-8H,1H2,2H3/b10-8+. The Morgan fingerprint density at radius 3 is 2.50 bits per heavy atom. The molecule has 0 fully saturated rings. The van der Waals surface area contributed by atoms with Gasteiger partial charge in [0.1, 0.15) is 0 Å². The maximum atomic E-state index is 12.1. The zero-order chi connectivity index (χ0) is 11.7. The molecular formula is C14H11BrO. The Bertz CT molecular complexity index is 535. The second-order valence-electron chi connectivity index (χ2n) is 3.65. The molecule has 1 aromatic rings. The number of carbonyl (C=O) groups is 1. The van der Waals surface area contributed by atoms with E-state index in [4.69, 9.17) is 0 Å². The lowest BCUT2D eigenvalue weighted by molar-refractivity contribution is 0.104. The van der Waals surface area contributed by atoms with Crippen molar-refractivity contribution in [3.63, 3.8) is 0 Å². The molecule has 0 aromatic heterocycles. The molecule has 1 aliphatic carbocycles. The second kappa shape index (κ2) is 4.22. The molecule has 0 spiro atoms. The molecule has 0 radical (unpaired) electrons. The molecule has 2 heteroatoms. The van der Waals surface area contributed by atoms with Crippen molar-refractivity contribution in [2.24, 2.45) is 0 Å². The monoisotopic (exact) mass is 274 g/mol. The molecule has 80 valence electrons. The van der Waals surface area contributed by atoms with Crippen molar-refractivity contribution >= 4 is 27.3 Å². The number of hydrogen-bond acceptors (Lipinski definition) is 1. The number of benzene rings is 1. The SMILES string of the molecule is C=C/C(Br)=C\C1=C(C)c2ccccc2C1=O. The van der Waals surface area contributed by atoms with Gasteiger partial charge in [-0.15, -0.1) is 0 Å². The minimum absolute atomic E-state index is 0.0897. The molecule has 0 saturated heterocycles. The van der Waals surface area contributed by atoms with Gasteiger partial charge in [0, 0.05) is 15.6 Å². The lowest BCUT2D eigenvalue weighted by Crippen LogP contribution is -1.96. The number of Topliss-reactive ketones (excluding diaryl/α,β-unsaturated/α-hetero) is 1. The van der Waals surface area contributed by atoms with E-state index in [9.17, 15) is 4.79 Å². The Labute approximate surface area is 103 Å². The summed E-state index contributed by atoms with van der Waals surface area (Å²) in [6, 6.07) is 7.68. The van der Waals surface area contributed by atoms with Crippen LogP contribution in [0.1, 0.15) is 22.8 Å². The van der Waals surface area contributed by atoms with Gasteiger partial charge in [0.15, 0.2) is 5.78 Å². The van der Waals surface area contributed by atoms with E-state index in [0.29, 0.717) is 0 Å². The third kappa shape index (κ3) is 1.69. The number of hydrogen-bond donors (Lipinski definition) is 0. The highest BCUT2D eigenvalue weighted by molar-refractivity contribution is 9.11. The van der Waals surface area contributed by atoms with Gasteiger partial charge in [-0.1, -0.05) is 52.9 Å². The fourth-order valence-electron chi connectivity index (χ4n) is 1.84. The minimum atomic E-state index is 0.0897. The quantitative estimate of drug-likeness (QED) is 0.742. The zero-order valence-corrected chi connectivity index (χ0v) is 10.5. The molecule has 1 aromatic carbocycles. The first kappa shape index (κ1) is 11.1. The lowest BCUT2D eigenvalue weighted by Gasteiger charge is -1.96. The summed E-state index contributed by atoms with van der Waals surface area (Å²) in [7, 11) is 0. The van der Waals surface area contributed by atoms with Crippen molar-refractivity contribution in [1.29, 1.82) is 0 Å². The van der Waals surface area contributed by atoms with E-state index in [-0.39, 0.29) is 5.78 Å². The van der Waals surface area contributed by atoms with E-state index < -0.39 is 0 Å². The van der Waals surface area contributed by atoms with Crippen LogP contribution in [-0.2, 0) is 0 Å². The fraction of sp³-hybridized carbons (Fsp3) is 0.0714. The van der Waals surface area contributed by atoms with Crippen LogP contribution in [0.3, 0.4) is 0 Å². The second-order valence-corrected chi connectivity index (χ2v) is 4.56. The molecule has 0 bridgehead atoms. The number of fused-ring (bicyclic) bond motifs is 1. The first-order valence-corrected chi connectivity index (χ1v) is 5.79. The van der Waals surface area contributed by atoms with Crippen LogP contribution in [0, 0.1) is 0 Å². The third-order valence-electron chi connectivity index (χ3n) is 2.70. The average molecular weight is 275 g/mol. The molecule has 16 heavy (non-hydrogen) atoms. The number of rotatable bonds is 2. The van der Waals surface area contributed by atoms with E-state index >= 15 is 0 Å². The summed E-state index contributed by atoms with van der Waals surface area (Å²) in [5.41, 5.74) is 3.59. The third-order valence-corrected chi connectivity index (χ3v) is 3.25. The molecule has 0 saturated carbocycles. The van der Waals surface area contributed by atoms with Gasteiger partial charge in [0.25, 0.3) is 0 Å². The van der Waals surface area contributed by atoms with Gasteiger partial charge >= 0.3 is 0 Å². The summed E-state index contributed by atoms with van der Waals surface area (Å²) in [4.78, 5) is 12.1. The Balaban J connectivity index is 2.56. The van der Waals surface area contributed by atoms with Crippen LogP contribution >= 0.6 is 15.9 Å². The molecule has 2 rings (SSSR count). The first-order chi connectivity index (χ1) is 7.65. The molecule has 0 heterocycles. The van der Waals surface area contributed by atoms with Gasteiger partial charge in [0.2, 0.25) is 0 Å². The Morgan fingerprint density at radius 2 is 1.94 bits per heavy atom. The van der Waals surface area contributed by atoms with Gasteiger partial charge in [0.05, 0.1) is 0 Å². The molecule has 1 aliphatic rings. The van der Waals surface area contributed by atoms with E-state index in [1.165, 1.54) is 0 Å². The van der Waals surface area contributed by atoms with Gasteiger partial charge in [-0.3, -0.25) is 4.79 Å². The zero-order valence-electron chi connectivity index (χ0n) is 8.96. The maximum absolute atomic E-state index is 12.1. The largest absolute Gasteiger partial charge is 0.289 e. The smallest absolute Gasteiger partial charge is 0.193 e. The lowest BCUT2D eigenvalue weighted by atomic mass is 10.1. The number of halogens is 1. The van der Waals surface area contributed by atoms with E-state index in [2.05, 4.69) is 22.5 Å². The van der Waals surface area contributed by atoms with Crippen molar-refractivity contribution in [3.8, 4) is 0 Å². The highest BCUT2D eigenvalue weighted by Gasteiger charge is 2.24. The summed E-state index contributed by atoms with van der Waals surface area (Å²) in [5, 5.41) is 0. The number of carbonyl (C=O) groups excluding carboxylic acids is 1. The summed E-state index contributed by atoms with van der Waals surface area (Å²) in [5.74, 6) is 0.0897. The maximum Gasteiger partial charge on any atom is 0.193 e. The molecule has 1 nitrogen and oxygen atoms in total.